The molecule has 1 aliphatic heterocycles. The number of ether oxygens (including phenoxy) is 1. The summed E-state index contributed by atoms with van der Waals surface area (Å²) in [7, 11) is 0. The summed E-state index contributed by atoms with van der Waals surface area (Å²) in [6, 6.07) is 12.2. The highest BCUT2D eigenvalue weighted by Gasteiger charge is 2.29. The van der Waals surface area contributed by atoms with Crippen molar-refractivity contribution in [1.29, 1.82) is 0 Å². The van der Waals surface area contributed by atoms with Crippen molar-refractivity contribution in [3.63, 3.8) is 0 Å². The van der Waals surface area contributed by atoms with Gasteiger partial charge in [0.2, 0.25) is 0 Å². The number of piperidine rings is 1. The van der Waals surface area contributed by atoms with Crippen LogP contribution in [0.3, 0.4) is 0 Å². The number of rotatable bonds is 7. The number of amides is 3. The molecule has 2 aliphatic rings. The summed E-state index contributed by atoms with van der Waals surface area (Å²) in [6.45, 7) is 0.267. The molecule has 0 radical (unpaired) electrons. The molecule has 2 fully saturated rings. The van der Waals surface area contributed by atoms with E-state index in [9.17, 15) is 23.6 Å². The van der Waals surface area contributed by atoms with Crippen LogP contribution in [-0.4, -0.2) is 54.3 Å². The molecule has 0 atom stereocenters. The van der Waals surface area contributed by atoms with Gasteiger partial charge in [0.25, 0.3) is 17.7 Å². The third-order valence-electron chi connectivity index (χ3n) is 6.69. The minimum atomic E-state index is -0.534. The van der Waals surface area contributed by atoms with Gasteiger partial charge >= 0.3 is 5.97 Å². The summed E-state index contributed by atoms with van der Waals surface area (Å²) >= 11 is 0. The first-order chi connectivity index (χ1) is 17.4. The summed E-state index contributed by atoms with van der Waals surface area (Å²) in [4.78, 5) is 51.8. The van der Waals surface area contributed by atoms with Crippen molar-refractivity contribution < 1.29 is 28.3 Å². The van der Waals surface area contributed by atoms with Crippen molar-refractivity contribution in [2.45, 2.75) is 44.6 Å². The predicted octanol–water partition coefficient (Wildman–Crippen LogP) is 3.53. The van der Waals surface area contributed by atoms with E-state index < -0.39 is 30.2 Å². The molecule has 1 heterocycles. The van der Waals surface area contributed by atoms with Gasteiger partial charge in [0, 0.05) is 24.7 Å². The lowest BCUT2D eigenvalue weighted by Gasteiger charge is -2.31. The molecule has 0 bridgehead atoms. The number of likely N-dealkylation sites (tertiary alicyclic amines) is 1. The van der Waals surface area contributed by atoms with Crippen molar-refractivity contribution in [2.75, 3.05) is 25.0 Å². The number of benzene rings is 2. The quantitative estimate of drug-likeness (QED) is 0.572. The van der Waals surface area contributed by atoms with Crippen LogP contribution in [0.2, 0.25) is 0 Å². The molecule has 0 unspecified atom stereocenters. The molecule has 2 aromatic carbocycles. The highest BCUT2D eigenvalue weighted by molar-refractivity contribution is 6.04. The SMILES string of the molecule is O=C(COC(=O)C1CCN(C(=O)c2ccc(F)cc2)CC1)Nc1ccccc1C(=O)NC1CCCC1. The minimum absolute atomic E-state index is 0.152. The van der Waals surface area contributed by atoms with Crippen LogP contribution in [0.15, 0.2) is 48.5 Å². The fourth-order valence-corrected chi connectivity index (χ4v) is 4.66. The van der Waals surface area contributed by atoms with E-state index in [1.807, 2.05) is 0 Å². The van der Waals surface area contributed by atoms with E-state index in [4.69, 9.17) is 4.74 Å². The maximum Gasteiger partial charge on any atom is 0.309 e. The van der Waals surface area contributed by atoms with Crippen LogP contribution in [0.5, 0.6) is 0 Å². The Morgan fingerprint density at radius 2 is 1.58 bits per heavy atom. The molecule has 3 amide bonds. The Balaban J connectivity index is 1.23. The largest absolute Gasteiger partial charge is 0.455 e. The van der Waals surface area contributed by atoms with E-state index in [0.717, 1.165) is 25.7 Å². The monoisotopic (exact) mass is 495 g/mol. The molecule has 8 nitrogen and oxygen atoms in total. The Hall–Kier alpha value is -3.75. The standard InChI is InChI=1S/C27H30FN3O5/c28-20-11-9-18(10-12-20)26(34)31-15-13-19(14-16-31)27(35)36-17-24(32)30-23-8-4-3-7-22(23)25(33)29-21-5-1-2-6-21/h3-4,7-12,19,21H,1-2,5-6,13-17H2,(H,29,33)(H,30,32). The number of anilines is 1. The second kappa shape index (κ2) is 11.8. The average Bonchev–Trinajstić information content (AvgIpc) is 3.41. The number of para-hydroxylation sites is 1. The molecule has 4 rings (SSSR count). The summed E-state index contributed by atoms with van der Waals surface area (Å²) < 4.78 is 18.3. The molecule has 0 aromatic heterocycles. The van der Waals surface area contributed by atoms with Gasteiger partial charge < -0.3 is 20.3 Å². The van der Waals surface area contributed by atoms with E-state index in [0.29, 0.717) is 42.7 Å². The van der Waals surface area contributed by atoms with Gasteiger partial charge in [-0.3, -0.25) is 19.2 Å². The zero-order valence-corrected chi connectivity index (χ0v) is 20.0. The lowest BCUT2D eigenvalue weighted by molar-refractivity contribution is -0.152. The molecular formula is C27H30FN3O5. The van der Waals surface area contributed by atoms with Crippen LogP contribution in [0.1, 0.15) is 59.2 Å². The molecule has 2 aromatic rings. The summed E-state index contributed by atoms with van der Waals surface area (Å²) in [5, 5.41) is 5.67. The highest BCUT2D eigenvalue weighted by Crippen LogP contribution is 2.22. The van der Waals surface area contributed by atoms with Gasteiger partial charge in [-0.05, 0) is 62.1 Å². The fourth-order valence-electron chi connectivity index (χ4n) is 4.66. The molecule has 190 valence electrons. The first-order valence-corrected chi connectivity index (χ1v) is 12.3. The third kappa shape index (κ3) is 6.47. The zero-order chi connectivity index (χ0) is 25.5. The van der Waals surface area contributed by atoms with E-state index in [1.165, 1.54) is 24.3 Å². The Morgan fingerprint density at radius 1 is 0.917 bits per heavy atom. The van der Waals surface area contributed by atoms with Crippen molar-refractivity contribution in [3.05, 3.63) is 65.5 Å². The first kappa shape index (κ1) is 25.3. The van der Waals surface area contributed by atoms with Gasteiger partial charge in [0.1, 0.15) is 5.82 Å². The molecule has 9 heteroatoms. The summed E-state index contributed by atoms with van der Waals surface area (Å²) in [5.74, 6) is -2.30. The van der Waals surface area contributed by atoms with E-state index in [1.54, 1.807) is 29.2 Å². The molecule has 1 saturated carbocycles. The molecular weight excluding hydrogens is 465 g/mol. The van der Waals surface area contributed by atoms with E-state index >= 15 is 0 Å². The number of carbonyl (C=O) groups excluding carboxylic acids is 4. The van der Waals surface area contributed by atoms with Crippen molar-refractivity contribution in [3.8, 4) is 0 Å². The van der Waals surface area contributed by atoms with Crippen LogP contribution in [0, 0.1) is 11.7 Å². The number of hydrogen-bond acceptors (Lipinski definition) is 5. The zero-order valence-electron chi connectivity index (χ0n) is 20.0. The number of hydrogen-bond donors (Lipinski definition) is 2. The van der Waals surface area contributed by atoms with Gasteiger partial charge in [0.15, 0.2) is 6.61 Å². The van der Waals surface area contributed by atoms with Crippen LogP contribution < -0.4 is 10.6 Å². The number of carbonyl (C=O) groups is 4. The van der Waals surface area contributed by atoms with E-state index in [-0.39, 0.29) is 17.9 Å². The predicted molar refractivity (Wildman–Crippen MR) is 131 cm³/mol. The summed E-state index contributed by atoms with van der Waals surface area (Å²) in [6.07, 6.45) is 4.93. The first-order valence-electron chi connectivity index (χ1n) is 12.3. The second-order valence-electron chi connectivity index (χ2n) is 9.23. The van der Waals surface area contributed by atoms with Gasteiger partial charge in [-0.15, -0.1) is 0 Å². The lowest BCUT2D eigenvalue weighted by Crippen LogP contribution is -2.41. The van der Waals surface area contributed by atoms with Crippen molar-refractivity contribution in [2.24, 2.45) is 5.92 Å². The molecule has 0 spiro atoms. The molecule has 1 aliphatic carbocycles. The van der Waals surface area contributed by atoms with Gasteiger partial charge in [-0.25, -0.2) is 4.39 Å². The lowest BCUT2D eigenvalue weighted by atomic mass is 9.96. The van der Waals surface area contributed by atoms with E-state index in [2.05, 4.69) is 10.6 Å². The Bertz CT molecular complexity index is 1110. The van der Waals surface area contributed by atoms with Gasteiger partial charge in [-0.2, -0.15) is 0 Å². The Kier molecular flexibility index (Phi) is 8.30. The molecule has 2 N–H and O–H groups in total. The minimum Gasteiger partial charge on any atom is -0.455 e. The highest BCUT2D eigenvalue weighted by atomic mass is 19.1. The number of esters is 1. The topological polar surface area (TPSA) is 105 Å². The fraction of sp³-hybridized carbons (Fsp3) is 0.407. The smallest absolute Gasteiger partial charge is 0.309 e. The molecule has 36 heavy (non-hydrogen) atoms. The van der Waals surface area contributed by atoms with Gasteiger partial charge in [-0.1, -0.05) is 25.0 Å². The third-order valence-corrected chi connectivity index (χ3v) is 6.69. The second-order valence-corrected chi connectivity index (χ2v) is 9.23. The average molecular weight is 496 g/mol. The van der Waals surface area contributed by atoms with Crippen LogP contribution in [0.25, 0.3) is 0 Å². The van der Waals surface area contributed by atoms with Crippen LogP contribution in [-0.2, 0) is 14.3 Å². The molecule has 1 saturated heterocycles. The van der Waals surface area contributed by atoms with Crippen LogP contribution in [0.4, 0.5) is 10.1 Å². The Labute approximate surface area is 209 Å². The number of halogens is 1. The Morgan fingerprint density at radius 3 is 2.28 bits per heavy atom. The number of nitrogens with one attached hydrogen (secondary N) is 2. The number of nitrogens with zero attached hydrogens (tertiary/aromatic N) is 1. The summed E-state index contributed by atoms with van der Waals surface area (Å²) in [5.41, 5.74) is 1.12. The van der Waals surface area contributed by atoms with Crippen molar-refractivity contribution >= 4 is 29.4 Å². The van der Waals surface area contributed by atoms with Crippen LogP contribution >= 0.6 is 0 Å². The normalized spacial score (nSPS) is 16.4. The maximum atomic E-state index is 13.1. The van der Waals surface area contributed by atoms with Crippen molar-refractivity contribution in [1.82, 2.24) is 10.2 Å². The maximum absolute atomic E-state index is 13.1. The van der Waals surface area contributed by atoms with Gasteiger partial charge in [0.05, 0.1) is 17.2 Å².